The van der Waals surface area contributed by atoms with Crippen molar-refractivity contribution in [1.82, 2.24) is 9.13 Å². The molecule has 0 bridgehead atoms. The molecule has 0 aliphatic heterocycles. The Morgan fingerprint density at radius 1 is 0.287 bits per heavy atom. The highest BCUT2D eigenvalue weighted by Crippen LogP contribution is 2.54. The minimum Gasteiger partial charge on any atom is -0.307 e. The minimum atomic E-state index is 0.954. The van der Waals surface area contributed by atoms with Crippen molar-refractivity contribution < 1.29 is 0 Å². The summed E-state index contributed by atoms with van der Waals surface area (Å²) in [4.78, 5) is 5.46. The summed E-state index contributed by atoms with van der Waals surface area (Å²) < 4.78 is 5.11. The van der Waals surface area contributed by atoms with Crippen LogP contribution >= 0.6 is 0 Å². The molecule has 0 saturated heterocycles. The smallest absolute Gasteiger partial charge is 0.0782 e. The SMILES string of the molecule is CCCc1cc(N(c2cccc3c2CCCC3)c2cccc3c4ccccc4n(-c4ccc(-c5ccccc5)cc4)c23)c2ccc3c(CCC)cc(N(c4cccc5c4CCCC5)c4cccc5c6ccccc6n(-c6ccc(-c7ccccc7)cc6)c45)c4ccc1c2c34. The van der Waals surface area contributed by atoms with Crippen molar-refractivity contribution in [2.24, 2.45) is 0 Å². The van der Waals surface area contributed by atoms with Gasteiger partial charge >= 0.3 is 0 Å². The first kappa shape index (κ1) is 56.1. The third-order valence-corrected chi connectivity index (χ3v) is 21.1. The van der Waals surface area contributed by atoms with Gasteiger partial charge in [-0.05, 0) is 214 Å². The lowest BCUT2D eigenvalue weighted by molar-refractivity contribution is 0.686. The fourth-order valence-electron chi connectivity index (χ4n) is 16.9. The maximum atomic E-state index is 2.73. The Morgan fingerprint density at radius 2 is 0.649 bits per heavy atom. The normalized spacial score (nSPS) is 13.3. The second-order valence-corrected chi connectivity index (χ2v) is 26.5. The van der Waals surface area contributed by atoms with E-state index in [1.54, 1.807) is 0 Å². The zero-order valence-electron chi connectivity index (χ0n) is 53.7. The van der Waals surface area contributed by atoms with Gasteiger partial charge in [-0.3, -0.25) is 0 Å². The number of hydrogen-bond acceptors (Lipinski definition) is 2. The third-order valence-electron chi connectivity index (χ3n) is 21.1. The molecular weight excluding hydrogens is 1140 g/mol. The summed E-state index contributed by atoms with van der Waals surface area (Å²) in [6, 6.07) is 102. The number of fused-ring (bicyclic) bond motifs is 8. The van der Waals surface area contributed by atoms with Crippen molar-refractivity contribution in [3.05, 3.63) is 300 Å². The topological polar surface area (TPSA) is 16.3 Å². The average molecular weight is 1210 g/mol. The predicted octanol–water partition coefficient (Wildman–Crippen LogP) is 24.7. The number of aryl methyl sites for hydroxylation is 4. The van der Waals surface area contributed by atoms with Gasteiger partial charge < -0.3 is 18.9 Å². The number of benzene rings is 14. The predicted molar refractivity (Wildman–Crippen MR) is 400 cm³/mol. The van der Waals surface area contributed by atoms with E-state index in [0.29, 0.717) is 0 Å². The molecule has 18 rings (SSSR count). The Bertz CT molecular complexity index is 5230. The van der Waals surface area contributed by atoms with Crippen LogP contribution in [-0.4, -0.2) is 9.13 Å². The second-order valence-electron chi connectivity index (χ2n) is 26.5. The van der Waals surface area contributed by atoms with E-state index in [1.807, 2.05) is 0 Å². The van der Waals surface area contributed by atoms with Crippen molar-refractivity contribution in [3.63, 3.8) is 0 Å². The van der Waals surface area contributed by atoms with Crippen LogP contribution in [0, 0.1) is 0 Å². The molecule has 4 nitrogen and oxygen atoms in total. The lowest BCUT2D eigenvalue weighted by Gasteiger charge is -2.34. The van der Waals surface area contributed by atoms with Gasteiger partial charge in [0.25, 0.3) is 0 Å². The van der Waals surface area contributed by atoms with Gasteiger partial charge in [-0.1, -0.05) is 221 Å². The zero-order valence-corrected chi connectivity index (χ0v) is 53.7. The first-order valence-electron chi connectivity index (χ1n) is 34.5. The Hall–Kier alpha value is -10.7. The molecule has 0 unspecified atom stereocenters. The molecule has 4 heteroatoms. The molecule has 0 saturated carbocycles. The van der Waals surface area contributed by atoms with E-state index in [0.717, 1.165) is 62.7 Å². The summed E-state index contributed by atoms with van der Waals surface area (Å²) in [6.07, 6.45) is 13.0. The van der Waals surface area contributed by atoms with Crippen molar-refractivity contribution in [2.75, 3.05) is 9.80 Å². The van der Waals surface area contributed by atoms with E-state index in [9.17, 15) is 0 Å². The summed E-state index contributed by atoms with van der Waals surface area (Å²) in [7, 11) is 0. The summed E-state index contributed by atoms with van der Waals surface area (Å²) in [5, 5.41) is 13.0. The maximum Gasteiger partial charge on any atom is 0.0782 e. The van der Waals surface area contributed by atoms with E-state index in [4.69, 9.17) is 0 Å². The Kier molecular flexibility index (Phi) is 13.8. The third kappa shape index (κ3) is 9.01. The number of hydrogen-bond donors (Lipinski definition) is 0. The Labute approximate surface area is 550 Å². The number of nitrogens with zero attached hydrogens (tertiary/aromatic N) is 4. The fourth-order valence-corrected chi connectivity index (χ4v) is 16.9. The molecule has 94 heavy (non-hydrogen) atoms. The van der Waals surface area contributed by atoms with Crippen molar-refractivity contribution in [2.45, 2.75) is 90.9 Å². The Balaban J connectivity index is 0.932. The molecule has 0 amide bonds. The van der Waals surface area contributed by atoms with Crippen LogP contribution in [0.4, 0.5) is 34.1 Å². The molecule has 0 fully saturated rings. The van der Waals surface area contributed by atoms with Crippen LogP contribution in [0.25, 0.3) is 110 Å². The van der Waals surface area contributed by atoms with E-state index >= 15 is 0 Å². The maximum absolute atomic E-state index is 2.73. The summed E-state index contributed by atoms with van der Waals surface area (Å²) >= 11 is 0. The highest BCUT2D eigenvalue weighted by atomic mass is 15.2. The molecule has 0 atom stereocenters. The van der Waals surface area contributed by atoms with Gasteiger partial charge in [0.15, 0.2) is 0 Å². The number of rotatable bonds is 14. The molecule has 2 aliphatic rings. The van der Waals surface area contributed by atoms with E-state index < -0.39 is 0 Å². The van der Waals surface area contributed by atoms with Crippen molar-refractivity contribution in [1.29, 1.82) is 0 Å². The van der Waals surface area contributed by atoms with Crippen LogP contribution in [0.3, 0.4) is 0 Å². The van der Waals surface area contributed by atoms with Crippen molar-refractivity contribution >= 4 is 110 Å². The number of para-hydroxylation sites is 4. The number of aromatic nitrogens is 2. The molecular formula is C90H74N4. The van der Waals surface area contributed by atoms with Crippen LogP contribution < -0.4 is 9.80 Å². The lowest BCUT2D eigenvalue weighted by Crippen LogP contribution is -2.17. The van der Waals surface area contributed by atoms with Crippen LogP contribution in [0.1, 0.15) is 85.8 Å². The fraction of sp³-hybridized carbons (Fsp3) is 0.156. The molecule has 0 radical (unpaired) electrons. The monoisotopic (exact) mass is 1210 g/mol. The van der Waals surface area contributed by atoms with Gasteiger partial charge in [-0.25, -0.2) is 0 Å². The molecule has 454 valence electrons. The van der Waals surface area contributed by atoms with Gasteiger partial charge in [0.2, 0.25) is 0 Å². The molecule has 0 N–H and O–H groups in total. The molecule has 2 heterocycles. The molecule has 14 aromatic carbocycles. The van der Waals surface area contributed by atoms with Crippen LogP contribution in [0.2, 0.25) is 0 Å². The summed E-state index contributed by atoms with van der Waals surface area (Å²) in [6.45, 7) is 4.72. The van der Waals surface area contributed by atoms with E-state index in [-0.39, 0.29) is 0 Å². The number of anilines is 6. The average Bonchev–Trinajstić information content (AvgIpc) is 1.06. The second kappa shape index (κ2) is 23.2. The van der Waals surface area contributed by atoms with Gasteiger partial charge in [-0.15, -0.1) is 0 Å². The highest BCUT2D eigenvalue weighted by molar-refractivity contribution is 6.30. The molecule has 16 aromatic rings. The van der Waals surface area contributed by atoms with E-state index in [2.05, 4.69) is 300 Å². The molecule has 2 aliphatic carbocycles. The van der Waals surface area contributed by atoms with Crippen LogP contribution in [-0.2, 0) is 38.5 Å². The van der Waals surface area contributed by atoms with E-state index in [1.165, 1.54) is 191 Å². The first-order chi connectivity index (χ1) is 46.6. The summed E-state index contributed by atoms with van der Waals surface area (Å²) in [5.74, 6) is 0. The van der Waals surface area contributed by atoms with Crippen LogP contribution in [0.5, 0.6) is 0 Å². The summed E-state index contributed by atoms with van der Waals surface area (Å²) in [5.41, 5.74) is 28.0. The van der Waals surface area contributed by atoms with Gasteiger partial charge in [0.1, 0.15) is 0 Å². The van der Waals surface area contributed by atoms with Gasteiger partial charge in [0.05, 0.1) is 44.8 Å². The quantitative estimate of drug-likeness (QED) is 0.101. The molecule has 0 spiro atoms. The van der Waals surface area contributed by atoms with Gasteiger partial charge in [-0.2, -0.15) is 0 Å². The minimum absolute atomic E-state index is 0.954. The van der Waals surface area contributed by atoms with Crippen molar-refractivity contribution in [3.8, 4) is 33.6 Å². The highest BCUT2D eigenvalue weighted by Gasteiger charge is 2.31. The van der Waals surface area contributed by atoms with Crippen LogP contribution in [0.15, 0.2) is 267 Å². The molecule has 2 aromatic heterocycles. The van der Waals surface area contributed by atoms with Gasteiger partial charge in [0, 0.05) is 55.1 Å². The standard InChI is InChI=1S/C90H74N4/c1-3-23-65-57-85(93(79-41-19-31-63-29-11-13-33-69(63)79)83-43-21-37-75-73-35-15-17-39-81(73)91(89(75)83)67-49-45-61(46-50-67)59-25-7-5-8-26-59)77-56-54-72-66(24-4-2)58-86(78-55-53-71(65)87(77)88(72)78)94(80-42-20-32-64-30-12-14-34-70(64)80)84-44-22-38-76-74-36-16-18-40-82(74)92(90(76)84)68-51-47-62(48-52-68)60-27-9-6-10-28-60/h5-10,15-22,25-28,31-32,35-58H,3-4,11-14,23-24,29-30,33-34H2,1-2H3. The first-order valence-corrected chi connectivity index (χ1v) is 34.5. The Morgan fingerprint density at radius 3 is 1.09 bits per heavy atom. The zero-order chi connectivity index (χ0) is 62.4. The largest absolute Gasteiger partial charge is 0.307 e. The lowest BCUT2D eigenvalue weighted by atomic mass is 9.85.